The maximum Gasteiger partial charge on any atom is 0.496 e. The Hall–Kier alpha value is -1.87. The number of fused-ring (bicyclic) bond motifs is 1. The van der Waals surface area contributed by atoms with Crippen molar-refractivity contribution >= 4 is 35.8 Å². The van der Waals surface area contributed by atoms with Crippen LogP contribution in [0.3, 0.4) is 0 Å². The van der Waals surface area contributed by atoms with Crippen molar-refractivity contribution in [2.75, 3.05) is 11.9 Å². The Morgan fingerprint density at radius 2 is 1.97 bits per heavy atom. The number of nitrogens with zero attached hydrogens (tertiary/aromatic N) is 2. The largest absolute Gasteiger partial charge is 0.496 e. The number of hydrogen-bond acceptors (Lipinski definition) is 5. The van der Waals surface area contributed by atoms with Crippen LogP contribution in [0.25, 0.3) is 0 Å². The predicted octanol–water partition coefficient (Wildman–Crippen LogP) is 2.27. The molecular formula is C20H26BClN4O3. The maximum absolute atomic E-state index is 12.9. The normalized spacial score (nSPS) is 19.9. The molecular weight excluding hydrogens is 391 g/mol. The van der Waals surface area contributed by atoms with E-state index in [1.54, 1.807) is 6.07 Å². The highest BCUT2D eigenvalue weighted by atomic mass is 35.5. The molecule has 2 aromatic rings. The van der Waals surface area contributed by atoms with Gasteiger partial charge in [-0.3, -0.25) is 4.79 Å². The van der Waals surface area contributed by atoms with Crippen LogP contribution in [-0.4, -0.2) is 40.3 Å². The summed E-state index contributed by atoms with van der Waals surface area (Å²) in [4.78, 5) is 17.4. The average Bonchev–Trinajstić information content (AvgIpc) is 3.10. The fourth-order valence-corrected chi connectivity index (χ4v) is 3.90. The van der Waals surface area contributed by atoms with Gasteiger partial charge in [-0.25, -0.2) is 4.98 Å². The molecule has 0 aliphatic carbocycles. The molecule has 2 aliphatic rings. The number of amides is 1. The van der Waals surface area contributed by atoms with Gasteiger partial charge in [-0.15, -0.1) is 0 Å². The van der Waals surface area contributed by atoms with Crippen LogP contribution in [0.15, 0.2) is 18.2 Å². The molecule has 4 rings (SSSR count). The number of aromatic nitrogens is 2. The second-order valence-electron chi connectivity index (χ2n) is 8.57. The van der Waals surface area contributed by atoms with Crippen LogP contribution in [0.1, 0.15) is 49.7 Å². The number of nitrogens with one attached hydrogen (secondary N) is 2. The quantitative estimate of drug-likeness (QED) is 0.751. The highest BCUT2D eigenvalue weighted by Crippen LogP contribution is 2.37. The Bertz CT molecular complexity index is 957. The summed E-state index contributed by atoms with van der Waals surface area (Å²) in [5.41, 5.74) is 2.25. The zero-order valence-corrected chi connectivity index (χ0v) is 18.2. The molecule has 0 radical (unpaired) electrons. The first-order valence-corrected chi connectivity index (χ1v) is 10.2. The first kappa shape index (κ1) is 20.4. The van der Waals surface area contributed by atoms with Gasteiger partial charge in [0.1, 0.15) is 0 Å². The SMILES string of the molecule is Cn1c(C(=O)Nc2cccc(B3OC(C)(C)C(C)(C)O3)c2Cl)nc2c1CCNC2. The molecule has 154 valence electrons. The number of rotatable bonds is 3. The smallest absolute Gasteiger partial charge is 0.399 e. The monoisotopic (exact) mass is 416 g/mol. The molecule has 1 saturated heterocycles. The van der Waals surface area contributed by atoms with E-state index in [-0.39, 0.29) is 5.91 Å². The van der Waals surface area contributed by atoms with Gasteiger partial charge in [0.05, 0.1) is 27.6 Å². The summed E-state index contributed by atoms with van der Waals surface area (Å²) in [5.74, 6) is 0.0747. The van der Waals surface area contributed by atoms with Crippen molar-refractivity contribution in [1.29, 1.82) is 0 Å². The van der Waals surface area contributed by atoms with Crippen LogP contribution in [0, 0.1) is 0 Å². The lowest BCUT2D eigenvalue weighted by Gasteiger charge is -2.32. The molecule has 0 saturated carbocycles. The van der Waals surface area contributed by atoms with Gasteiger partial charge in [0.25, 0.3) is 5.91 Å². The highest BCUT2D eigenvalue weighted by Gasteiger charge is 2.52. The number of halogens is 1. The molecule has 1 aromatic heterocycles. The number of anilines is 1. The van der Waals surface area contributed by atoms with Gasteiger partial charge in [-0.1, -0.05) is 23.7 Å². The number of imidazole rings is 1. The average molecular weight is 417 g/mol. The van der Waals surface area contributed by atoms with Crippen LogP contribution >= 0.6 is 11.6 Å². The fourth-order valence-electron chi connectivity index (χ4n) is 3.64. The van der Waals surface area contributed by atoms with Crippen molar-refractivity contribution in [2.45, 2.75) is 51.9 Å². The standard InChI is InChI=1S/C20H26BClN4O3/c1-19(2)20(3,4)29-21(28-19)12-7-6-8-13(16(12)22)25-18(27)17-24-14-11-23-10-9-15(14)26(17)5/h6-8,23H,9-11H2,1-5H3,(H,25,27). The van der Waals surface area contributed by atoms with Crippen molar-refractivity contribution in [3.8, 4) is 0 Å². The molecule has 1 aromatic carbocycles. The molecule has 29 heavy (non-hydrogen) atoms. The van der Waals surface area contributed by atoms with Crippen molar-refractivity contribution < 1.29 is 14.1 Å². The second-order valence-corrected chi connectivity index (χ2v) is 8.94. The minimum Gasteiger partial charge on any atom is -0.399 e. The molecule has 2 N–H and O–H groups in total. The summed E-state index contributed by atoms with van der Waals surface area (Å²) < 4.78 is 14.1. The van der Waals surface area contributed by atoms with E-state index < -0.39 is 18.3 Å². The summed E-state index contributed by atoms with van der Waals surface area (Å²) in [6, 6.07) is 5.44. The third-order valence-electron chi connectivity index (χ3n) is 6.11. The minimum absolute atomic E-state index is 0.296. The lowest BCUT2D eigenvalue weighted by atomic mass is 9.79. The molecule has 7 nitrogen and oxygen atoms in total. The Labute approximate surface area is 176 Å². The van der Waals surface area contributed by atoms with Gasteiger partial charge in [-0.05, 0) is 33.8 Å². The molecule has 0 unspecified atom stereocenters. The number of hydrogen-bond donors (Lipinski definition) is 2. The van der Waals surface area contributed by atoms with Gasteiger partial charge in [0, 0.05) is 37.7 Å². The van der Waals surface area contributed by atoms with Crippen LogP contribution < -0.4 is 16.1 Å². The van der Waals surface area contributed by atoms with E-state index in [1.165, 1.54) is 0 Å². The summed E-state index contributed by atoms with van der Waals surface area (Å²) >= 11 is 6.64. The van der Waals surface area contributed by atoms with E-state index in [9.17, 15) is 4.79 Å². The molecule has 1 amide bonds. The highest BCUT2D eigenvalue weighted by molar-refractivity contribution is 6.66. The van der Waals surface area contributed by atoms with E-state index in [0.29, 0.717) is 28.5 Å². The predicted molar refractivity (Wildman–Crippen MR) is 114 cm³/mol. The van der Waals surface area contributed by atoms with Gasteiger partial charge < -0.3 is 24.5 Å². The zero-order chi connectivity index (χ0) is 21.0. The third-order valence-corrected chi connectivity index (χ3v) is 6.54. The van der Waals surface area contributed by atoms with Gasteiger partial charge in [-0.2, -0.15) is 0 Å². The second kappa shape index (κ2) is 7.13. The Kier molecular flexibility index (Phi) is 5.02. The molecule has 9 heteroatoms. The maximum atomic E-state index is 12.9. The molecule has 0 spiro atoms. The number of carbonyl (C=O) groups is 1. The Balaban J connectivity index is 1.59. The van der Waals surface area contributed by atoms with E-state index in [2.05, 4.69) is 15.6 Å². The summed E-state index contributed by atoms with van der Waals surface area (Å²) in [5, 5.41) is 6.57. The lowest BCUT2D eigenvalue weighted by molar-refractivity contribution is 0.00578. The molecule has 2 aliphatic heterocycles. The number of carbonyl (C=O) groups excluding carboxylic acids is 1. The van der Waals surface area contributed by atoms with Crippen molar-refractivity contribution in [2.24, 2.45) is 7.05 Å². The molecule has 1 fully saturated rings. The van der Waals surface area contributed by atoms with Crippen molar-refractivity contribution in [3.63, 3.8) is 0 Å². The molecule has 0 bridgehead atoms. The van der Waals surface area contributed by atoms with Gasteiger partial charge in [0.2, 0.25) is 0 Å². The first-order valence-electron chi connectivity index (χ1n) is 9.81. The first-order chi connectivity index (χ1) is 13.6. The summed E-state index contributed by atoms with van der Waals surface area (Å²) in [6.45, 7) is 9.52. The molecule has 3 heterocycles. The van der Waals surface area contributed by atoms with E-state index in [1.807, 2.05) is 51.4 Å². The lowest BCUT2D eigenvalue weighted by Crippen LogP contribution is -2.41. The van der Waals surface area contributed by atoms with E-state index in [0.717, 1.165) is 24.4 Å². The van der Waals surface area contributed by atoms with Gasteiger partial charge >= 0.3 is 7.12 Å². The van der Waals surface area contributed by atoms with Crippen LogP contribution in [-0.2, 0) is 29.3 Å². The van der Waals surface area contributed by atoms with E-state index >= 15 is 0 Å². The number of benzene rings is 1. The van der Waals surface area contributed by atoms with Gasteiger partial charge in [0.15, 0.2) is 5.82 Å². The van der Waals surface area contributed by atoms with Crippen LogP contribution in [0.4, 0.5) is 5.69 Å². The van der Waals surface area contributed by atoms with Crippen molar-refractivity contribution in [1.82, 2.24) is 14.9 Å². The fraction of sp³-hybridized carbons (Fsp3) is 0.500. The third kappa shape index (κ3) is 3.48. The molecule has 0 atom stereocenters. The zero-order valence-electron chi connectivity index (χ0n) is 17.4. The summed E-state index contributed by atoms with van der Waals surface area (Å²) in [6.07, 6.45) is 0.851. The van der Waals surface area contributed by atoms with Crippen LogP contribution in [0.5, 0.6) is 0 Å². The summed E-state index contributed by atoms with van der Waals surface area (Å²) in [7, 11) is 1.27. The topological polar surface area (TPSA) is 77.4 Å². The Morgan fingerprint density at radius 3 is 2.62 bits per heavy atom. The Morgan fingerprint density at radius 1 is 1.28 bits per heavy atom. The van der Waals surface area contributed by atoms with Crippen LogP contribution in [0.2, 0.25) is 5.02 Å². The van der Waals surface area contributed by atoms with Crippen molar-refractivity contribution in [3.05, 3.63) is 40.4 Å². The van der Waals surface area contributed by atoms with E-state index in [4.69, 9.17) is 20.9 Å². The minimum atomic E-state index is -0.601.